The Morgan fingerprint density at radius 1 is 1.14 bits per heavy atom. The number of thiophene rings is 1. The lowest BCUT2D eigenvalue weighted by atomic mass is 10.0. The van der Waals surface area contributed by atoms with Crippen LogP contribution in [0.15, 0.2) is 58.8 Å². The van der Waals surface area contributed by atoms with Crippen LogP contribution in [-0.4, -0.2) is 6.26 Å². The van der Waals surface area contributed by atoms with E-state index in [0.29, 0.717) is 0 Å². The molecule has 0 unspecified atom stereocenters. The fourth-order valence-corrected chi connectivity index (χ4v) is 3.62. The Balaban J connectivity index is 2.26. The molecule has 0 atom stereocenters. The van der Waals surface area contributed by atoms with Gasteiger partial charge in [0.2, 0.25) is 0 Å². The molecule has 0 aliphatic heterocycles. The quantitative estimate of drug-likeness (QED) is 0.458. The van der Waals surface area contributed by atoms with Crippen LogP contribution in [0.1, 0.15) is 10.4 Å². The largest absolute Gasteiger partial charge is 0.192 e. The first-order valence-electron chi connectivity index (χ1n) is 6.55. The highest BCUT2D eigenvalue weighted by Crippen LogP contribution is 2.32. The van der Waals surface area contributed by atoms with Crippen molar-refractivity contribution >= 4 is 45.5 Å². The second-order valence-corrected chi connectivity index (χ2v) is 6.35. The number of thioether (sulfide) groups is 1. The van der Waals surface area contributed by atoms with Gasteiger partial charge in [-0.2, -0.15) is 5.26 Å². The normalized spacial score (nSPS) is 11.5. The number of hydrogen-bond donors (Lipinski definition) is 0. The van der Waals surface area contributed by atoms with Crippen molar-refractivity contribution < 1.29 is 0 Å². The number of fused-ring (bicyclic) bond motifs is 1. The van der Waals surface area contributed by atoms with Crippen molar-refractivity contribution in [2.75, 3.05) is 6.26 Å². The van der Waals surface area contributed by atoms with Crippen molar-refractivity contribution in [3.05, 3.63) is 64.4 Å². The lowest BCUT2D eigenvalue weighted by Crippen LogP contribution is -1.85. The molecule has 0 spiro atoms. The van der Waals surface area contributed by atoms with Gasteiger partial charge >= 0.3 is 0 Å². The number of allylic oxidation sites excluding steroid dienone is 1. The Morgan fingerprint density at radius 2 is 2.00 bits per heavy atom. The second kappa shape index (κ2) is 6.17. The fourth-order valence-electron chi connectivity index (χ4n) is 2.34. The Hall–Kier alpha value is -2.02. The van der Waals surface area contributed by atoms with Crippen molar-refractivity contribution in [2.45, 2.75) is 4.90 Å². The highest BCUT2D eigenvalue weighted by molar-refractivity contribution is 7.98. The first-order valence-corrected chi connectivity index (χ1v) is 8.65. The highest BCUT2D eigenvalue weighted by Gasteiger charge is 2.08. The van der Waals surface area contributed by atoms with Gasteiger partial charge in [0.25, 0.3) is 0 Å². The van der Waals surface area contributed by atoms with Gasteiger partial charge in [0.1, 0.15) is 6.07 Å². The van der Waals surface area contributed by atoms with Crippen molar-refractivity contribution in [3.63, 3.8) is 0 Å². The number of nitrogens with zero attached hydrogens (tertiary/aromatic N) is 1. The summed E-state index contributed by atoms with van der Waals surface area (Å²) >= 11 is 3.31. The molecule has 0 aliphatic carbocycles. The monoisotopic (exact) mass is 307 g/mol. The van der Waals surface area contributed by atoms with E-state index in [-0.39, 0.29) is 0 Å². The van der Waals surface area contributed by atoms with Gasteiger partial charge in [0.15, 0.2) is 0 Å². The molecule has 0 bridgehead atoms. The molecule has 1 aromatic heterocycles. The molecule has 0 saturated heterocycles. The molecule has 3 heteroatoms. The predicted molar refractivity (Wildman–Crippen MR) is 93.5 cm³/mol. The fraction of sp³-hybridized carbons (Fsp3) is 0.0556. The lowest BCUT2D eigenvalue weighted by molar-refractivity contribution is 1.47. The van der Waals surface area contributed by atoms with E-state index >= 15 is 0 Å². The third-order valence-electron chi connectivity index (χ3n) is 3.35. The zero-order valence-electron chi connectivity index (χ0n) is 11.5. The molecule has 0 saturated carbocycles. The minimum absolute atomic E-state index is 0.719. The molecule has 0 aliphatic rings. The van der Waals surface area contributed by atoms with E-state index in [9.17, 15) is 5.26 Å². The average Bonchev–Trinajstić information content (AvgIpc) is 3.06. The molecule has 3 rings (SSSR count). The molecule has 0 fully saturated rings. The van der Waals surface area contributed by atoms with Gasteiger partial charge in [0, 0.05) is 9.77 Å². The maximum absolute atomic E-state index is 9.48. The van der Waals surface area contributed by atoms with Gasteiger partial charge in [-0.3, -0.25) is 0 Å². The van der Waals surface area contributed by atoms with Crippen LogP contribution in [0.5, 0.6) is 0 Å². The number of nitriles is 1. The van der Waals surface area contributed by atoms with Gasteiger partial charge in [-0.1, -0.05) is 36.4 Å². The Labute approximate surface area is 132 Å². The second-order valence-electron chi connectivity index (χ2n) is 4.55. The zero-order valence-corrected chi connectivity index (χ0v) is 13.2. The van der Waals surface area contributed by atoms with Crippen LogP contribution in [0.4, 0.5) is 0 Å². The molecular weight excluding hydrogens is 294 g/mol. The average molecular weight is 307 g/mol. The summed E-state index contributed by atoms with van der Waals surface area (Å²) in [6.45, 7) is 0. The van der Waals surface area contributed by atoms with E-state index in [1.807, 2.05) is 35.7 Å². The van der Waals surface area contributed by atoms with Gasteiger partial charge in [0.05, 0.1) is 5.57 Å². The summed E-state index contributed by atoms with van der Waals surface area (Å²) in [7, 11) is 0. The van der Waals surface area contributed by atoms with E-state index in [4.69, 9.17) is 0 Å². The van der Waals surface area contributed by atoms with E-state index < -0.39 is 0 Å². The number of hydrogen-bond acceptors (Lipinski definition) is 3. The molecule has 0 radical (unpaired) electrons. The summed E-state index contributed by atoms with van der Waals surface area (Å²) in [6, 6.07) is 18.9. The van der Waals surface area contributed by atoms with Gasteiger partial charge in [-0.25, -0.2) is 0 Å². The minimum Gasteiger partial charge on any atom is -0.192 e. The van der Waals surface area contributed by atoms with Crippen LogP contribution in [0.25, 0.3) is 22.4 Å². The highest BCUT2D eigenvalue weighted by atomic mass is 32.2. The lowest BCUT2D eigenvalue weighted by Gasteiger charge is -2.08. The molecule has 102 valence electrons. The molecule has 1 heterocycles. The SMILES string of the molecule is CSc1ccc2ccccc2c1/C=C(\C#N)c1cccs1. The number of rotatable bonds is 3. The third kappa shape index (κ3) is 2.73. The van der Waals surface area contributed by atoms with E-state index in [1.165, 1.54) is 15.7 Å². The molecule has 21 heavy (non-hydrogen) atoms. The topological polar surface area (TPSA) is 23.8 Å². The van der Waals surface area contributed by atoms with Crippen LogP contribution in [-0.2, 0) is 0 Å². The minimum atomic E-state index is 0.719. The first-order chi connectivity index (χ1) is 10.3. The van der Waals surface area contributed by atoms with Gasteiger partial charge in [-0.05, 0) is 46.2 Å². The maximum Gasteiger partial charge on any atom is 0.101 e. The smallest absolute Gasteiger partial charge is 0.101 e. The van der Waals surface area contributed by atoms with E-state index in [0.717, 1.165) is 16.0 Å². The summed E-state index contributed by atoms with van der Waals surface area (Å²) in [5.41, 5.74) is 1.85. The van der Waals surface area contributed by atoms with Gasteiger partial charge < -0.3 is 0 Å². The molecule has 0 N–H and O–H groups in total. The van der Waals surface area contributed by atoms with Crippen LogP contribution in [0.3, 0.4) is 0 Å². The maximum atomic E-state index is 9.48. The first kappa shape index (κ1) is 13.9. The summed E-state index contributed by atoms with van der Waals surface area (Å²) in [5.74, 6) is 0. The summed E-state index contributed by atoms with van der Waals surface area (Å²) in [4.78, 5) is 2.20. The van der Waals surface area contributed by atoms with Crippen LogP contribution in [0.2, 0.25) is 0 Å². The third-order valence-corrected chi connectivity index (χ3v) is 5.05. The van der Waals surface area contributed by atoms with Crippen molar-refractivity contribution in [2.24, 2.45) is 0 Å². The van der Waals surface area contributed by atoms with Gasteiger partial charge in [-0.15, -0.1) is 23.1 Å². The van der Waals surface area contributed by atoms with E-state index in [1.54, 1.807) is 23.1 Å². The Morgan fingerprint density at radius 3 is 2.71 bits per heavy atom. The molecule has 3 aromatic rings. The van der Waals surface area contributed by atoms with Crippen LogP contribution < -0.4 is 0 Å². The standard InChI is InChI=1S/C18H13NS2/c1-20-18-9-8-13-5-2-3-6-15(13)16(18)11-14(12-19)17-7-4-10-21-17/h2-11H,1H3/b14-11+. The van der Waals surface area contributed by atoms with Crippen molar-refractivity contribution in [1.29, 1.82) is 5.26 Å². The summed E-state index contributed by atoms with van der Waals surface area (Å²) in [6.07, 6.45) is 4.08. The Bertz CT molecular complexity index is 839. The summed E-state index contributed by atoms with van der Waals surface area (Å²) < 4.78 is 0. The number of benzene rings is 2. The molecule has 2 aromatic carbocycles. The van der Waals surface area contributed by atoms with Crippen LogP contribution >= 0.6 is 23.1 Å². The Kier molecular flexibility index (Phi) is 4.10. The molecular formula is C18H13NS2. The van der Waals surface area contributed by atoms with Crippen molar-refractivity contribution in [3.8, 4) is 6.07 Å². The molecule has 1 nitrogen and oxygen atoms in total. The van der Waals surface area contributed by atoms with Crippen molar-refractivity contribution in [1.82, 2.24) is 0 Å². The summed E-state index contributed by atoms with van der Waals surface area (Å²) in [5, 5.41) is 13.9. The van der Waals surface area contributed by atoms with E-state index in [2.05, 4.69) is 36.6 Å². The molecule has 0 amide bonds. The zero-order chi connectivity index (χ0) is 14.7. The van der Waals surface area contributed by atoms with Crippen LogP contribution in [0, 0.1) is 11.3 Å². The predicted octanol–water partition coefficient (Wildman–Crippen LogP) is 5.69.